The van der Waals surface area contributed by atoms with Crippen LogP contribution in [0.4, 0.5) is 0 Å². The summed E-state index contributed by atoms with van der Waals surface area (Å²) in [5.74, 6) is -0.948. The number of carbonyl (C=O) groups excluding carboxylic acids is 3. The topological polar surface area (TPSA) is 78.9 Å². The molecule has 0 rings (SSSR count). The number of allylic oxidation sites excluding steroid dienone is 22. The van der Waals surface area contributed by atoms with Crippen LogP contribution in [0.1, 0.15) is 271 Å². The van der Waals surface area contributed by atoms with Gasteiger partial charge in [-0.05, 0) is 128 Å². The normalized spacial score (nSPS) is 13.0. The summed E-state index contributed by atoms with van der Waals surface area (Å²) in [6.45, 7) is 6.34. The number of unbranched alkanes of at least 4 members (excludes halogenated alkanes) is 22. The van der Waals surface area contributed by atoms with Gasteiger partial charge in [-0.1, -0.05) is 257 Å². The van der Waals surface area contributed by atoms with E-state index in [1.807, 2.05) is 0 Å². The van der Waals surface area contributed by atoms with E-state index in [0.29, 0.717) is 12.8 Å². The zero-order valence-corrected chi connectivity index (χ0v) is 49.2. The van der Waals surface area contributed by atoms with E-state index in [-0.39, 0.29) is 37.5 Å². The third kappa shape index (κ3) is 60.4. The molecule has 6 heteroatoms. The van der Waals surface area contributed by atoms with E-state index in [2.05, 4.69) is 154 Å². The maximum Gasteiger partial charge on any atom is 0.306 e. The first-order valence-corrected chi connectivity index (χ1v) is 31.2. The highest BCUT2D eigenvalue weighted by atomic mass is 16.6. The summed E-state index contributed by atoms with van der Waals surface area (Å²) >= 11 is 0. The highest BCUT2D eigenvalue weighted by Crippen LogP contribution is 2.15. The molecule has 0 aromatic carbocycles. The maximum atomic E-state index is 12.9. The Balaban J connectivity index is 4.41. The molecule has 0 aliphatic rings. The molecular weight excluding hydrogens is 937 g/mol. The summed E-state index contributed by atoms with van der Waals surface area (Å²) in [6.07, 6.45) is 88.8. The minimum Gasteiger partial charge on any atom is -0.462 e. The van der Waals surface area contributed by atoms with Gasteiger partial charge >= 0.3 is 17.9 Å². The maximum absolute atomic E-state index is 12.9. The molecule has 76 heavy (non-hydrogen) atoms. The lowest BCUT2D eigenvalue weighted by Gasteiger charge is -2.18. The van der Waals surface area contributed by atoms with Gasteiger partial charge in [0.25, 0.3) is 0 Å². The Kier molecular flexibility index (Phi) is 59.4. The second-order valence-corrected chi connectivity index (χ2v) is 20.2. The van der Waals surface area contributed by atoms with Crippen molar-refractivity contribution in [2.75, 3.05) is 13.2 Å². The Morgan fingerprint density at radius 3 is 0.816 bits per heavy atom. The molecule has 0 aliphatic heterocycles. The SMILES string of the molecule is CC/C=C\C/C=C\C/C=C\C/C=C\C/C=C\CCCCCC(=O)OC(COC(=O)CCCCCCC/C=C\C/C=C\CCCC)COC(=O)CCCCCCCCCCCCCC/C=C\C/C=C\C/C=C\C/C=C\CC. The van der Waals surface area contributed by atoms with E-state index < -0.39 is 6.10 Å². The Morgan fingerprint density at radius 2 is 0.513 bits per heavy atom. The first kappa shape index (κ1) is 71.5. The zero-order chi connectivity index (χ0) is 55.0. The molecular formula is C70H114O6. The minimum absolute atomic E-state index is 0.100. The van der Waals surface area contributed by atoms with Crippen molar-refractivity contribution in [3.8, 4) is 0 Å². The molecule has 0 saturated heterocycles. The van der Waals surface area contributed by atoms with Gasteiger partial charge < -0.3 is 14.2 Å². The summed E-state index contributed by atoms with van der Waals surface area (Å²) in [4.78, 5) is 38.3. The molecule has 0 aromatic heterocycles. The van der Waals surface area contributed by atoms with Crippen LogP contribution in [-0.4, -0.2) is 37.2 Å². The molecule has 0 aromatic rings. The molecule has 0 N–H and O–H groups in total. The number of carbonyl (C=O) groups is 3. The first-order valence-electron chi connectivity index (χ1n) is 31.2. The van der Waals surface area contributed by atoms with Crippen molar-refractivity contribution in [3.05, 3.63) is 134 Å². The molecule has 1 atom stereocenters. The number of rotatable bonds is 55. The largest absolute Gasteiger partial charge is 0.462 e. The second kappa shape index (κ2) is 63.1. The number of ether oxygens (including phenoxy) is 3. The quantitative estimate of drug-likeness (QED) is 0.0261. The summed E-state index contributed by atoms with van der Waals surface area (Å²) < 4.78 is 16.9. The van der Waals surface area contributed by atoms with Gasteiger partial charge in [-0.3, -0.25) is 14.4 Å². The summed E-state index contributed by atoms with van der Waals surface area (Å²) in [7, 11) is 0. The molecule has 0 spiro atoms. The van der Waals surface area contributed by atoms with Crippen molar-refractivity contribution < 1.29 is 28.6 Å². The standard InChI is InChI=1S/C70H114O6/c1-4-7-10-13-16-19-22-25-28-30-32-33-34-35-36-37-39-40-42-45-48-51-54-57-60-63-69(72)75-66-67(65-74-68(71)62-59-56-53-50-47-44-27-24-21-18-15-12-9-6-3)76-70(73)64-61-58-55-52-49-46-43-41-38-31-29-26-23-20-17-14-11-8-5-2/h7-8,10-11,15-20,24-29,32-33,38,41,46,49,67H,4-6,9,12-14,21-23,30-31,34-37,39-40,42-45,47-48,50-66H2,1-3H3/b10-7-,11-8-,18-15-,19-16-,20-17-,27-24-,28-25-,29-26-,33-32-,41-38-,49-46-. The lowest BCUT2D eigenvalue weighted by Crippen LogP contribution is -2.30. The zero-order valence-electron chi connectivity index (χ0n) is 49.2. The average molecular weight is 1050 g/mol. The summed E-state index contributed by atoms with van der Waals surface area (Å²) in [5.41, 5.74) is 0. The van der Waals surface area contributed by atoms with Crippen LogP contribution in [0, 0.1) is 0 Å². The van der Waals surface area contributed by atoms with E-state index in [9.17, 15) is 14.4 Å². The third-order valence-electron chi connectivity index (χ3n) is 12.9. The average Bonchev–Trinajstić information content (AvgIpc) is 3.42. The Labute approximate surface area is 468 Å². The monoisotopic (exact) mass is 1050 g/mol. The van der Waals surface area contributed by atoms with E-state index in [0.717, 1.165) is 148 Å². The highest BCUT2D eigenvalue weighted by Gasteiger charge is 2.19. The molecule has 0 heterocycles. The van der Waals surface area contributed by atoms with Crippen LogP contribution in [0.5, 0.6) is 0 Å². The summed E-state index contributed by atoms with van der Waals surface area (Å²) in [5, 5.41) is 0. The summed E-state index contributed by atoms with van der Waals surface area (Å²) in [6, 6.07) is 0. The van der Waals surface area contributed by atoms with Crippen molar-refractivity contribution in [2.24, 2.45) is 0 Å². The Hall–Kier alpha value is -4.45. The smallest absolute Gasteiger partial charge is 0.306 e. The van der Waals surface area contributed by atoms with E-state index >= 15 is 0 Å². The molecule has 1 unspecified atom stereocenters. The second-order valence-electron chi connectivity index (χ2n) is 20.2. The molecule has 0 amide bonds. The van der Waals surface area contributed by atoms with Crippen LogP contribution in [0.3, 0.4) is 0 Å². The van der Waals surface area contributed by atoms with Crippen molar-refractivity contribution in [1.29, 1.82) is 0 Å². The molecule has 0 bridgehead atoms. The van der Waals surface area contributed by atoms with Gasteiger partial charge in [-0.15, -0.1) is 0 Å². The van der Waals surface area contributed by atoms with Gasteiger partial charge in [0.1, 0.15) is 13.2 Å². The number of esters is 3. The van der Waals surface area contributed by atoms with Crippen LogP contribution in [0.25, 0.3) is 0 Å². The molecule has 0 saturated carbocycles. The molecule has 6 nitrogen and oxygen atoms in total. The molecule has 0 radical (unpaired) electrons. The van der Waals surface area contributed by atoms with Gasteiger partial charge in [0.05, 0.1) is 0 Å². The third-order valence-corrected chi connectivity index (χ3v) is 12.9. The first-order chi connectivity index (χ1) is 37.5. The van der Waals surface area contributed by atoms with Gasteiger partial charge in [0.2, 0.25) is 0 Å². The fourth-order valence-electron chi connectivity index (χ4n) is 8.24. The van der Waals surface area contributed by atoms with Crippen LogP contribution in [0.2, 0.25) is 0 Å². The highest BCUT2D eigenvalue weighted by molar-refractivity contribution is 5.71. The van der Waals surface area contributed by atoms with Gasteiger partial charge in [-0.25, -0.2) is 0 Å². The minimum atomic E-state index is -0.808. The lowest BCUT2D eigenvalue weighted by atomic mass is 10.0. The van der Waals surface area contributed by atoms with Crippen molar-refractivity contribution in [2.45, 2.75) is 277 Å². The molecule has 0 aliphatic carbocycles. The predicted molar refractivity (Wildman–Crippen MR) is 329 cm³/mol. The van der Waals surface area contributed by atoms with Crippen molar-refractivity contribution in [3.63, 3.8) is 0 Å². The van der Waals surface area contributed by atoms with Crippen LogP contribution >= 0.6 is 0 Å². The Bertz CT molecular complexity index is 1630. The molecule has 430 valence electrons. The number of hydrogen-bond donors (Lipinski definition) is 0. The van der Waals surface area contributed by atoms with E-state index in [4.69, 9.17) is 14.2 Å². The van der Waals surface area contributed by atoms with Crippen LogP contribution < -0.4 is 0 Å². The van der Waals surface area contributed by atoms with Crippen molar-refractivity contribution >= 4 is 17.9 Å². The van der Waals surface area contributed by atoms with Gasteiger partial charge in [-0.2, -0.15) is 0 Å². The predicted octanol–water partition coefficient (Wildman–Crippen LogP) is 21.4. The van der Waals surface area contributed by atoms with Crippen LogP contribution in [0.15, 0.2) is 134 Å². The van der Waals surface area contributed by atoms with E-state index in [1.165, 1.54) is 83.5 Å². The fraction of sp³-hybridized carbons (Fsp3) is 0.643. The van der Waals surface area contributed by atoms with Gasteiger partial charge in [0.15, 0.2) is 6.10 Å². The number of hydrogen-bond acceptors (Lipinski definition) is 6. The van der Waals surface area contributed by atoms with E-state index in [1.54, 1.807) is 0 Å². The van der Waals surface area contributed by atoms with Gasteiger partial charge in [0, 0.05) is 19.3 Å². The lowest BCUT2D eigenvalue weighted by molar-refractivity contribution is -0.167. The molecule has 0 fully saturated rings. The fourth-order valence-corrected chi connectivity index (χ4v) is 8.24. The van der Waals surface area contributed by atoms with Crippen molar-refractivity contribution in [1.82, 2.24) is 0 Å². The Morgan fingerprint density at radius 1 is 0.276 bits per heavy atom. The van der Waals surface area contributed by atoms with Crippen LogP contribution in [-0.2, 0) is 28.6 Å².